The number of rotatable bonds is 4. The minimum absolute atomic E-state index is 0.117. The van der Waals surface area contributed by atoms with Crippen molar-refractivity contribution >= 4 is 5.97 Å². The second-order valence-corrected chi connectivity index (χ2v) is 8.62. The number of esters is 1. The van der Waals surface area contributed by atoms with Crippen LogP contribution < -0.4 is 0 Å². The summed E-state index contributed by atoms with van der Waals surface area (Å²) in [6.07, 6.45) is 6.98. The second-order valence-electron chi connectivity index (χ2n) is 8.62. The highest BCUT2D eigenvalue weighted by Crippen LogP contribution is 2.69. The van der Waals surface area contributed by atoms with Crippen molar-refractivity contribution in [3.05, 3.63) is 23.8 Å². The lowest BCUT2D eigenvalue weighted by molar-refractivity contribution is -0.201. The normalized spacial score (nSPS) is 36.0. The van der Waals surface area contributed by atoms with Crippen LogP contribution >= 0.6 is 0 Å². The minimum atomic E-state index is -0.516. The van der Waals surface area contributed by atoms with Crippen LogP contribution in [0.15, 0.2) is 23.8 Å². The monoisotopic (exact) mass is 350 g/mol. The van der Waals surface area contributed by atoms with E-state index in [1.807, 2.05) is 26.8 Å². The molecule has 5 heteroatoms. The molecule has 0 N–H and O–H groups in total. The maximum atomic E-state index is 11.8. The zero-order valence-corrected chi connectivity index (χ0v) is 16.2. The molecule has 1 saturated carbocycles. The largest absolute Gasteiger partial charge is 0.460 e. The smallest absolute Gasteiger partial charge is 0.331 e. The van der Waals surface area contributed by atoms with Gasteiger partial charge in [-0.25, -0.2) is 4.79 Å². The molecule has 3 aliphatic rings. The average molecular weight is 350 g/mol. The lowest BCUT2D eigenvalue weighted by Gasteiger charge is -2.45. The van der Waals surface area contributed by atoms with Gasteiger partial charge in [-0.2, -0.15) is 0 Å². The Bertz CT molecular complexity index is 612. The average Bonchev–Trinajstić information content (AvgIpc) is 2.82. The molecule has 1 spiro atoms. The van der Waals surface area contributed by atoms with Gasteiger partial charge in [0.2, 0.25) is 0 Å². The summed E-state index contributed by atoms with van der Waals surface area (Å²) in [7, 11) is 0. The molecule has 1 aliphatic carbocycles. The molecule has 2 heterocycles. The number of carbonyl (C=O) groups excluding carboxylic acids is 1. The molecule has 3 fully saturated rings. The standard InChI is InChI=1S/C20H30O5/c1-14(2)24-16(21)11-15(3)7-8-20-17(4,5)12-19(22-9-10-23-19)13-18(20,6)25-20/h7-8,11,14H,9-10,12-13H2,1-6H3/b8-7+,15-11+. The summed E-state index contributed by atoms with van der Waals surface area (Å²) >= 11 is 0. The summed E-state index contributed by atoms with van der Waals surface area (Å²) in [5.41, 5.74) is 0.0354. The van der Waals surface area contributed by atoms with Gasteiger partial charge >= 0.3 is 5.97 Å². The van der Waals surface area contributed by atoms with E-state index in [9.17, 15) is 4.79 Å². The maximum Gasteiger partial charge on any atom is 0.331 e. The predicted octanol–water partition coefficient (Wildman–Crippen LogP) is 3.53. The van der Waals surface area contributed by atoms with E-state index in [1.165, 1.54) is 6.08 Å². The lowest BCUT2D eigenvalue weighted by Crippen LogP contribution is -2.52. The van der Waals surface area contributed by atoms with Crippen molar-refractivity contribution in [1.82, 2.24) is 0 Å². The molecule has 0 radical (unpaired) electrons. The summed E-state index contributed by atoms with van der Waals surface area (Å²) in [6, 6.07) is 0. The van der Waals surface area contributed by atoms with Gasteiger partial charge in [-0.3, -0.25) is 0 Å². The topological polar surface area (TPSA) is 57.3 Å². The summed E-state index contributed by atoms with van der Waals surface area (Å²) in [5, 5.41) is 0. The van der Waals surface area contributed by atoms with E-state index in [2.05, 4.69) is 26.8 Å². The number of hydrogen-bond donors (Lipinski definition) is 0. The molecule has 0 bridgehead atoms. The highest BCUT2D eigenvalue weighted by molar-refractivity contribution is 5.83. The quantitative estimate of drug-likeness (QED) is 0.336. The Morgan fingerprint density at radius 2 is 1.76 bits per heavy atom. The molecule has 25 heavy (non-hydrogen) atoms. The van der Waals surface area contributed by atoms with E-state index in [4.69, 9.17) is 18.9 Å². The number of hydrogen-bond acceptors (Lipinski definition) is 5. The number of ether oxygens (including phenoxy) is 4. The van der Waals surface area contributed by atoms with E-state index in [-0.39, 0.29) is 28.7 Å². The SMILES string of the molecule is CC(/C=C/C12OC1(C)CC1(CC2(C)C)OCCO1)=C\C(=O)OC(C)C. The van der Waals surface area contributed by atoms with Crippen molar-refractivity contribution in [3.63, 3.8) is 0 Å². The van der Waals surface area contributed by atoms with Gasteiger partial charge in [0.15, 0.2) is 5.79 Å². The first-order valence-electron chi connectivity index (χ1n) is 9.09. The molecule has 2 atom stereocenters. The molecule has 2 saturated heterocycles. The summed E-state index contributed by atoms with van der Waals surface area (Å²) in [4.78, 5) is 11.8. The van der Waals surface area contributed by atoms with Crippen LogP contribution in [0.3, 0.4) is 0 Å². The van der Waals surface area contributed by atoms with Gasteiger partial charge < -0.3 is 18.9 Å². The van der Waals surface area contributed by atoms with Gasteiger partial charge in [-0.05, 0) is 39.3 Å². The summed E-state index contributed by atoms with van der Waals surface area (Å²) in [6.45, 7) is 13.4. The summed E-state index contributed by atoms with van der Waals surface area (Å²) in [5.74, 6) is -0.832. The first-order valence-corrected chi connectivity index (χ1v) is 9.09. The molecule has 2 aliphatic heterocycles. The van der Waals surface area contributed by atoms with E-state index in [0.717, 1.165) is 18.4 Å². The van der Waals surface area contributed by atoms with E-state index in [1.54, 1.807) is 0 Å². The molecule has 0 aromatic heterocycles. The Kier molecular flexibility index (Phi) is 4.42. The van der Waals surface area contributed by atoms with Gasteiger partial charge in [0, 0.05) is 24.3 Å². The molecule has 2 unspecified atom stereocenters. The van der Waals surface area contributed by atoms with Crippen LogP contribution in [-0.2, 0) is 23.7 Å². The van der Waals surface area contributed by atoms with Crippen LogP contribution in [0.5, 0.6) is 0 Å². The second kappa shape index (κ2) is 5.93. The van der Waals surface area contributed by atoms with E-state index in [0.29, 0.717) is 13.2 Å². The van der Waals surface area contributed by atoms with Crippen LogP contribution in [0.1, 0.15) is 54.4 Å². The fourth-order valence-corrected chi connectivity index (χ4v) is 4.62. The van der Waals surface area contributed by atoms with Crippen molar-refractivity contribution in [2.75, 3.05) is 13.2 Å². The van der Waals surface area contributed by atoms with Crippen LogP contribution in [-0.4, -0.2) is 42.3 Å². The third-order valence-corrected chi connectivity index (χ3v) is 5.55. The van der Waals surface area contributed by atoms with Gasteiger partial charge in [0.05, 0.1) is 19.3 Å². The Morgan fingerprint density at radius 1 is 1.12 bits per heavy atom. The maximum absolute atomic E-state index is 11.8. The fourth-order valence-electron chi connectivity index (χ4n) is 4.62. The van der Waals surface area contributed by atoms with Crippen molar-refractivity contribution in [3.8, 4) is 0 Å². The molecule has 5 nitrogen and oxygen atoms in total. The zero-order chi connectivity index (χ0) is 18.5. The Hall–Kier alpha value is -1.17. The first-order chi connectivity index (χ1) is 11.5. The number of allylic oxidation sites excluding steroid dienone is 2. The number of fused-ring (bicyclic) bond motifs is 1. The Balaban J connectivity index is 1.77. The summed E-state index contributed by atoms with van der Waals surface area (Å²) < 4.78 is 23.3. The van der Waals surface area contributed by atoms with E-state index < -0.39 is 5.79 Å². The Morgan fingerprint density at radius 3 is 2.32 bits per heavy atom. The fraction of sp³-hybridized carbons (Fsp3) is 0.750. The van der Waals surface area contributed by atoms with E-state index >= 15 is 0 Å². The predicted molar refractivity (Wildman–Crippen MR) is 94.0 cm³/mol. The third kappa shape index (κ3) is 3.18. The number of carbonyl (C=O) groups is 1. The van der Waals surface area contributed by atoms with Gasteiger partial charge in [0.25, 0.3) is 0 Å². The van der Waals surface area contributed by atoms with Crippen molar-refractivity contribution in [1.29, 1.82) is 0 Å². The molecular weight excluding hydrogens is 320 g/mol. The molecule has 0 amide bonds. The van der Waals surface area contributed by atoms with Crippen LogP contribution in [0.4, 0.5) is 0 Å². The lowest BCUT2D eigenvalue weighted by atomic mass is 9.61. The van der Waals surface area contributed by atoms with Gasteiger partial charge in [0.1, 0.15) is 11.2 Å². The Labute approximate surface area is 150 Å². The number of epoxide rings is 1. The molecular formula is C20H30O5. The highest BCUT2D eigenvalue weighted by atomic mass is 16.7. The third-order valence-electron chi connectivity index (χ3n) is 5.55. The molecule has 0 aromatic carbocycles. The zero-order valence-electron chi connectivity index (χ0n) is 16.2. The minimum Gasteiger partial charge on any atom is -0.460 e. The first kappa shape index (κ1) is 18.6. The molecule has 3 rings (SSSR count). The van der Waals surface area contributed by atoms with Gasteiger partial charge in [-0.15, -0.1) is 0 Å². The van der Waals surface area contributed by atoms with Crippen LogP contribution in [0.2, 0.25) is 0 Å². The van der Waals surface area contributed by atoms with Crippen LogP contribution in [0, 0.1) is 5.41 Å². The van der Waals surface area contributed by atoms with Crippen LogP contribution in [0.25, 0.3) is 0 Å². The van der Waals surface area contributed by atoms with Crippen molar-refractivity contribution in [2.45, 2.75) is 77.5 Å². The van der Waals surface area contributed by atoms with Gasteiger partial charge in [-0.1, -0.05) is 19.9 Å². The van der Waals surface area contributed by atoms with Crippen molar-refractivity contribution < 1.29 is 23.7 Å². The molecule has 140 valence electrons. The van der Waals surface area contributed by atoms with Crippen molar-refractivity contribution in [2.24, 2.45) is 5.41 Å². The highest BCUT2D eigenvalue weighted by Gasteiger charge is 2.78. The molecule has 0 aromatic rings.